The molecular weight excluding hydrogens is 212 g/mol. The Bertz CT molecular complexity index is 372. The predicted octanol–water partition coefficient (Wildman–Crippen LogP) is 2.82. The first kappa shape index (κ1) is 12.1. The molecule has 0 radical (unpaired) electrons. The number of anilines is 2. The van der Waals surface area contributed by atoms with Gasteiger partial charge in [-0.1, -0.05) is 13.8 Å². The minimum atomic E-state index is 0.596. The van der Waals surface area contributed by atoms with Gasteiger partial charge < -0.3 is 10.6 Å². The standard InChI is InChI=1S/C13H22N4/c1-4-5-14-12-8-13(16-10(3)15-12)17-11-6-9(2)7-11/h8-9,11H,4-7H2,1-3H3,(H2,14,15,16,17). The highest BCUT2D eigenvalue weighted by Crippen LogP contribution is 2.29. The average molecular weight is 234 g/mol. The molecule has 1 aliphatic carbocycles. The number of rotatable bonds is 5. The minimum absolute atomic E-state index is 0.596. The van der Waals surface area contributed by atoms with Crippen LogP contribution in [0.15, 0.2) is 6.07 Å². The van der Waals surface area contributed by atoms with E-state index in [1.54, 1.807) is 0 Å². The molecule has 0 aromatic carbocycles. The van der Waals surface area contributed by atoms with Gasteiger partial charge in [0.25, 0.3) is 0 Å². The Morgan fingerprint density at radius 1 is 1.29 bits per heavy atom. The van der Waals surface area contributed by atoms with Crippen molar-refractivity contribution in [3.05, 3.63) is 11.9 Å². The molecule has 4 heteroatoms. The lowest BCUT2D eigenvalue weighted by atomic mass is 9.82. The monoisotopic (exact) mass is 234 g/mol. The Labute approximate surface area is 103 Å². The average Bonchev–Trinajstić information content (AvgIpc) is 2.23. The molecule has 0 amide bonds. The third-order valence-corrected chi connectivity index (χ3v) is 3.12. The van der Waals surface area contributed by atoms with E-state index in [0.717, 1.165) is 36.3 Å². The smallest absolute Gasteiger partial charge is 0.132 e. The zero-order valence-electron chi connectivity index (χ0n) is 11.0. The summed E-state index contributed by atoms with van der Waals surface area (Å²) in [5.41, 5.74) is 0. The second-order valence-electron chi connectivity index (χ2n) is 5.03. The Hall–Kier alpha value is -1.32. The highest BCUT2D eigenvalue weighted by Gasteiger charge is 2.25. The molecule has 1 aromatic heterocycles. The molecule has 0 atom stereocenters. The number of hydrogen-bond acceptors (Lipinski definition) is 4. The second-order valence-corrected chi connectivity index (χ2v) is 5.03. The van der Waals surface area contributed by atoms with Crippen LogP contribution in [0.25, 0.3) is 0 Å². The van der Waals surface area contributed by atoms with Crippen LogP contribution in [0.5, 0.6) is 0 Å². The molecule has 0 bridgehead atoms. The third-order valence-electron chi connectivity index (χ3n) is 3.12. The van der Waals surface area contributed by atoms with Gasteiger partial charge in [-0.3, -0.25) is 0 Å². The lowest BCUT2D eigenvalue weighted by molar-refractivity contribution is 0.308. The van der Waals surface area contributed by atoms with E-state index in [4.69, 9.17) is 0 Å². The van der Waals surface area contributed by atoms with E-state index in [1.807, 2.05) is 13.0 Å². The molecule has 0 unspecified atom stereocenters. The van der Waals surface area contributed by atoms with E-state index in [0.29, 0.717) is 6.04 Å². The van der Waals surface area contributed by atoms with Crippen molar-refractivity contribution in [2.24, 2.45) is 5.92 Å². The molecule has 1 saturated carbocycles. The van der Waals surface area contributed by atoms with E-state index in [9.17, 15) is 0 Å². The van der Waals surface area contributed by atoms with E-state index in [1.165, 1.54) is 12.8 Å². The number of aromatic nitrogens is 2. The first-order valence-corrected chi connectivity index (χ1v) is 6.53. The summed E-state index contributed by atoms with van der Waals surface area (Å²) >= 11 is 0. The predicted molar refractivity (Wildman–Crippen MR) is 71.4 cm³/mol. The maximum atomic E-state index is 4.43. The summed E-state index contributed by atoms with van der Waals surface area (Å²) in [5, 5.41) is 6.78. The van der Waals surface area contributed by atoms with Gasteiger partial charge in [-0.05, 0) is 32.1 Å². The molecule has 2 rings (SSSR count). The lowest BCUT2D eigenvalue weighted by Crippen LogP contribution is -2.34. The van der Waals surface area contributed by atoms with Gasteiger partial charge in [0.1, 0.15) is 17.5 Å². The minimum Gasteiger partial charge on any atom is -0.370 e. The Morgan fingerprint density at radius 2 is 2.00 bits per heavy atom. The maximum Gasteiger partial charge on any atom is 0.132 e. The van der Waals surface area contributed by atoms with Crippen molar-refractivity contribution in [1.82, 2.24) is 9.97 Å². The van der Waals surface area contributed by atoms with Crippen LogP contribution in [-0.4, -0.2) is 22.6 Å². The summed E-state index contributed by atoms with van der Waals surface area (Å²) in [6.07, 6.45) is 3.60. The first-order chi connectivity index (χ1) is 8.17. The molecule has 1 aliphatic rings. The van der Waals surface area contributed by atoms with Crippen molar-refractivity contribution < 1.29 is 0 Å². The summed E-state index contributed by atoms with van der Waals surface area (Å²) in [4.78, 5) is 8.80. The highest BCUT2D eigenvalue weighted by atomic mass is 15.1. The highest BCUT2D eigenvalue weighted by molar-refractivity contribution is 5.48. The van der Waals surface area contributed by atoms with Gasteiger partial charge >= 0.3 is 0 Å². The second kappa shape index (κ2) is 5.34. The summed E-state index contributed by atoms with van der Waals surface area (Å²) in [7, 11) is 0. The van der Waals surface area contributed by atoms with E-state index in [-0.39, 0.29) is 0 Å². The van der Waals surface area contributed by atoms with Crippen LogP contribution in [0.3, 0.4) is 0 Å². The van der Waals surface area contributed by atoms with Gasteiger partial charge in [0.15, 0.2) is 0 Å². The maximum absolute atomic E-state index is 4.43. The fourth-order valence-corrected chi connectivity index (χ4v) is 2.21. The fourth-order valence-electron chi connectivity index (χ4n) is 2.21. The molecule has 94 valence electrons. The zero-order valence-corrected chi connectivity index (χ0v) is 11.0. The van der Waals surface area contributed by atoms with Crippen LogP contribution in [0.4, 0.5) is 11.6 Å². The van der Waals surface area contributed by atoms with Gasteiger partial charge in [0, 0.05) is 18.7 Å². The van der Waals surface area contributed by atoms with Gasteiger partial charge in [-0.2, -0.15) is 0 Å². The number of nitrogens with zero attached hydrogens (tertiary/aromatic N) is 2. The number of hydrogen-bond donors (Lipinski definition) is 2. The third kappa shape index (κ3) is 3.32. The molecule has 4 nitrogen and oxygen atoms in total. The van der Waals surface area contributed by atoms with Crippen molar-refractivity contribution in [2.45, 2.75) is 46.1 Å². The van der Waals surface area contributed by atoms with Gasteiger partial charge in [0.05, 0.1) is 0 Å². The molecule has 2 N–H and O–H groups in total. The van der Waals surface area contributed by atoms with E-state index >= 15 is 0 Å². The van der Waals surface area contributed by atoms with Crippen molar-refractivity contribution in [3.8, 4) is 0 Å². The van der Waals surface area contributed by atoms with E-state index < -0.39 is 0 Å². The SMILES string of the molecule is CCCNc1cc(NC2CC(C)C2)nc(C)n1. The Morgan fingerprint density at radius 3 is 2.65 bits per heavy atom. The molecule has 1 fully saturated rings. The van der Waals surface area contributed by atoms with Crippen LogP contribution >= 0.6 is 0 Å². The fraction of sp³-hybridized carbons (Fsp3) is 0.692. The number of aryl methyl sites for hydroxylation is 1. The van der Waals surface area contributed by atoms with Gasteiger partial charge in [-0.25, -0.2) is 9.97 Å². The van der Waals surface area contributed by atoms with Crippen LogP contribution in [0, 0.1) is 12.8 Å². The van der Waals surface area contributed by atoms with Gasteiger partial charge in [-0.15, -0.1) is 0 Å². The van der Waals surface area contributed by atoms with E-state index in [2.05, 4.69) is 34.4 Å². The topological polar surface area (TPSA) is 49.8 Å². The summed E-state index contributed by atoms with van der Waals surface area (Å²) in [6, 6.07) is 2.60. The molecule has 17 heavy (non-hydrogen) atoms. The largest absolute Gasteiger partial charge is 0.370 e. The molecular formula is C13H22N4. The quantitative estimate of drug-likeness (QED) is 0.822. The molecule has 0 saturated heterocycles. The van der Waals surface area contributed by atoms with Gasteiger partial charge in [0.2, 0.25) is 0 Å². The van der Waals surface area contributed by atoms with Crippen molar-refractivity contribution >= 4 is 11.6 Å². The van der Waals surface area contributed by atoms with Crippen molar-refractivity contribution in [1.29, 1.82) is 0 Å². The van der Waals surface area contributed by atoms with Crippen LogP contribution in [0.1, 0.15) is 38.9 Å². The zero-order chi connectivity index (χ0) is 12.3. The van der Waals surface area contributed by atoms with Crippen molar-refractivity contribution in [3.63, 3.8) is 0 Å². The lowest BCUT2D eigenvalue weighted by Gasteiger charge is -2.33. The normalized spacial score (nSPS) is 23.0. The van der Waals surface area contributed by atoms with Crippen LogP contribution < -0.4 is 10.6 Å². The summed E-state index contributed by atoms with van der Waals surface area (Å²) in [6.45, 7) is 7.33. The molecule has 0 spiro atoms. The molecule has 1 heterocycles. The Kier molecular flexibility index (Phi) is 3.82. The van der Waals surface area contributed by atoms with Crippen molar-refractivity contribution in [2.75, 3.05) is 17.2 Å². The summed E-state index contributed by atoms with van der Waals surface area (Å²) < 4.78 is 0. The first-order valence-electron chi connectivity index (χ1n) is 6.53. The van der Waals surface area contributed by atoms with Crippen LogP contribution in [0.2, 0.25) is 0 Å². The summed E-state index contributed by atoms with van der Waals surface area (Å²) in [5.74, 6) is 3.55. The molecule has 1 aromatic rings. The Balaban J connectivity index is 1.98. The molecule has 0 aliphatic heterocycles. The number of nitrogens with one attached hydrogen (secondary N) is 2. The van der Waals surface area contributed by atoms with Crippen LogP contribution in [-0.2, 0) is 0 Å².